The number of amides is 1. The molecule has 0 radical (unpaired) electrons. The number of carbonyl (C=O) groups excluding carboxylic acids is 1. The lowest BCUT2D eigenvalue weighted by atomic mass is 10.1. The first-order valence-corrected chi connectivity index (χ1v) is 6.46. The van der Waals surface area contributed by atoms with E-state index < -0.39 is 0 Å². The fraction of sp³-hybridized carbons (Fsp3) is 0.0769. The van der Waals surface area contributed by atoms with Crippen LogP contribution in [0.1, 0.15) is 12.0 Å². The van der Waals surface area contributed by atoms with E-state index in [1.807, 2.05) is 35.0 Å². The van der Waals surface area contributed by atoms with Crippen LogP contribution in [0.15, 0.2) is 40.0 Å². The highest BCUT2D eigenvalue weighted by atomic mass is 32.1. The molecule has 1 aliphatic rings. The first-order valence-electron chi connectivity index (χ1n) is 5.52. The molecule has 1 aromatic heterocycles. The quantitative estimate of drug-likeness (QED) is 0.771. The van der Waals surface area contributed by atoms with Gasteiger partial charge in [-0.1, -0.05) is 12.1 Å². The zero-order chi connectivity index (χ0) is 12.5. The van der Waals surface area contributed by atoms with Crippen LogP contribution in [0.5, 0.6) is 0 Å². The maximum absolute atomic E-state index is 11.8. The van der Waals surface area contributed by atoms with Crippen LogP contribution in [0, 0.1) is 0 Å². The van der Waals surface area contributed by atoms with Crippen LogP contribution in [0.25, 0.3) is 0 Å². The Morgan fingerprint density at radius 2 is 2.22 bits per heavy atom. The number of nitrogens with two attached hydrogens (primary N) is 1. The van der Waals surface area contributed by atoms with Crippen molar-refractivity contribution in [2.24, 2.45) is 4.99 Å². The van der Waals surface area contributed by atoms with E-state index in [1.165, 1.54) is 11.3 Å². The second-order valence-electron chi connectivity index (χ2n) is 4.08. The maximum atomic E-state index is 11.8. The molecule has 0 fully saturated rings. The summed E-state index contributed by atoms with van der Waals surface area (Å²) < 4.78 is 0. The lowest BCUT2D eigenvalue weighted by Crippen LogP contribution is -2.14. The molecule has 0 spiro atoms. The molecule has 4 nitrogen and oxygen atoms in total. The Labute approximate surface area is 108 Å². The Kier molecular flexibility index (Phi) is 2.60. The van der Waals surface area contributed by atoms with Crippen molar-refractivity contribution in [3.05, 3.63) is 40.6 Å². The van der Waals surface area contributed by atoms with E-state index >= 15 is 0 Å². The third-order valence-electron chi connectivity index (χ3n) is 2.72. The van der Waals surface area contributed by atoms with E-state index in [2.05, 4.69) is 10.3 Å². The van der Waals surface area contributed by atoms with E-state index in [1.54, 1.807) is 0 Å². The van der Waals surface area contributed by atoms with Crippen molar-refractivity contribution >= 4 is 40.0 Å². The van der Waals surface area contributed by atoms with Gasteiger partial charge in [-0.05, 0) is 17.7 Å². The fourth-order valence-corrected chi connectivity index (χ4v) is 2.58. The summed E-state index contributed by atoms with van der Waals surface area (Å²) in [5, 5.41) is 6.65. The van der Waals surface area contributed by atoms with Crippen molar-refractivity contribution < 1.29 is 4.79 Å². The average molecular weight is 257 g/mol. The van der Waals surface area contributed by atoms with Crippen LogP contribution in [0.2, 0.25) is 0 Å². The smallest absolute Gasteiger partial charge is 0.230 e. The summed E-state index contributed by atoms with van der Waals surface area (Å²) in [5.41, 5.74) is 9.66. The van der Waals surface area contributed by atoms with Crippen LogP contribution < -0.4 is 11.1 Å². The number of hydrogen-bond acceptors (Lipinski definition) is 4. The molecule has 0 atom stereocenters. The van der Waals surface area contributed by atoms with Crippen molar-refractivity contribution in [2.75, 3.05) is 11.1 Å². The summed E-state index contributed by atoms with van der Waals surface area (Å²) in [7, 11) is 0. The Morgan fingerprint density at radius 1 is 1.33 bits per heavy atom. The number of rotatable bonds is 1. The van der Waals surface area contributed by atoms with Crippen molar-refractivity contribution in [2.45, 2.75) is 6.42 Å². The van der Waals surface area contributed by atoms with E-state index in [0.29, 0.717) is 5.69 Å². The number of carbonyl (C=O) groups is 1. The van der Waals surface area contributed by atoms with Gasteiger partial charge in [0.15, 0.2) is 0 Å². The van der Waals surface area contributed by atoms with Crippen molar-refractivity contribution in [1.82, 2.24) is 0 Å². The molecule has 18 heavy (non-hydrogen) atoms. The number of aliphatic imine (C=N–C) groups is 1. The molecule has 1 aliphatic heterocycles. The van der Waals surface area contributed by atoms with Crippen LogP contribution in [0.4, 0.5) is 17.1 Å². The molecule has 90 valence electrons. The average Bonchev–Trinajstić information content (AvgIpc) is 2.69. The van der Waals surface area contributed by atoms with Gasteiger partial charge in [0.2, 0.25) is 5.91 Å². The third-order valence-corrected chi connectivity index (χ3v) is 3.45. The van der Waals surface area contributed by atoms with Gasteiger partial charge in [0.1, 0.15) is 0 Å². The molecule has 0 unspecified atom stereocenters. The minimum Gasteiger partial charge on any atom is -0.399 e. The van der Waals surface area contributed by atoms with E-state index in [-0.39, 0.29) is 12.3 Å². The monoisotopic (exact) mass is 257 g/mol. The molecule has 0 bridgehead atoms. The number of benzene rings is 1. The summed E-state index contributed by atoms with van der Waals surface area (Å²) in [6.45, 7) is 0. The standard InChI is InChI=1S/C13H11N3OS/c14-9-3-1-2-8(4-9)10-5-13(17)16-12-7-18-6-11(12)15-10/h1-4,6-7H,5,14H2,(H,16,17). The molecule has 0 aliphatic carbocycles. The highest BCUT2D eigenvalue weighted by Gasteiger charge is 2.17. The molecule has 1 amide bonds. The van der Waals surface area contributed by atoms with Crippen molar-refractivity contribution in [3.63, 3.8) is 0 Å². The lowest BCUT2D eigenvalue weighted by molar-refractivity contribution is -0.115. The number of nitrogen functional groups attached to an aromatic ring is 1. The van der Waals surface area contributed by atoms with Crippen LogP contribution in [-0.4, -0.2) is 11.6 Å². The van der Waals surface area contributed by atoms with E-state index in [0.717, 1.165) is 22.6 Å². The highest BCUT2D eigenvalue weighted by molar-refractivity contribution is 7.09. The SMILES string of the molecule is Nc1cccc(C2=Nc3cscc3NC(=O)C2)c1. The molecule has 3 rings (SSSR count). The van der Waals surface area contributed by atoms with Gasteiger partial charge in [-0.15, -0.1) is 11.3 Å². The molecular weight excluding hydrogens is 246 g/mol. The maximum Gasteiger partial charge on any atom is 0.230 e. The van der Waals surface area contributed by atoms with Gasteiger partial charge >= 0.3 is 0 Å². The summed E-state index contributed by atoms with van der Waals surface area (Å²) >= 11 is 1.52. The summed E-state index contributed by atoms with van der Waals surface area (Å²) in [6.07, 6.45) is 0.267. The fourth-order valence-electron chi connectivity index (χ4n) is 1.89. The minimum absolute atomic E-state index is 0.0478. The summed E-state index contributed by atoms with van der Waals surface area (Å²) in [5.74, 6) is -0.0478. The van der Waals surface area contributed by atoms with E-state index in [4.69, 9.17) is 5.73 Å². The van der Waals surface area contributed by atoms with Gasteiger partial charge in [-0.2, -0.15) is 0 Å². The Bertz CT molecular complexity index is 645. The molecule has 2 aromatic rings. The second-order valence-corrected chi connectivity index (χ2v) is 4.82. The predicted molar refractivity (Wildman–Crippen MR) is 74.6 cm³/mol. The van der Waals surface area contributed by atoms with Crippen molar-refractivity contribution in [1.29, 1.82) is 0 Å². The first-order chi connectivity index (χ1) is 8.72. The van der Waals surface area contributed by atoms with Gasteiger partial charge in [0.05, 0.1) is 23.5 Å². The second kappa shape index (κ2) is 4.27. The minimum atomic E-state index is -0.0478. The molecule has 3 N–H and O–H groups in total. The molecule has 2 heterocycles. The third kappa shape index (κ3) is 2.00. The largest absolute Gasteiger partial charge is 0.399 e. The number of nitrogens with one attached hydrogen (secondary N) is 1. The van der Waals surface area contributed by atoms with Gasteiger partial charge in [0.25, 0.3) is 0 Å². The number of thiophene rings is 1. The Balaban J connectivity index is 2.09. The Morgan fingerprint density at radius 3 is 3.06 bits per heavy atom. The van der Waals surface area contributed by atoms with E-state index in [9.17, 15) is 4.79 Å². The molecular formula is C13H11N3OS. The number of fused-ring (bicyclic) bond motifs is 1. The predicted octanol–water partition coefficient (Wildman–Crippen LogP) is 2.79. The highest BCUT2D eigenvalue weighted by Crippen LogP contribution is 2.32. The van der Waals surface area contributed by atoms with Crippen molar-refractivity contribution in [3.8, 4) is 0 Å². The molecule has 1 aromatic carbocycles. The first kappa shape index (κ1) is 11.0. The van der Waals surface area contributed by atoms with Gasteiger partial charge in [0, 0.05) is 16.4 Å². The van der Waals surface area contributed by atoms with Crippen LogP contribution in [0.3, 0.4) is 0 Å². The zero-order valence-electron chi connectivity index (χ0n) is 9.51. The number of anilines is 2. The van der Waals surface area contributed by atoms with Gasteiger partial charge < -0.3 is 11.1 Å². The normalized spacial score (nSPS) is 14.4. The van der Waals surface area contributed by atoms with Crippen LogP contribution >= 0.6 is 11.3 Å². The van der Waals surface area contributed by atoms with Gasteiger partial charge in [-0.25, -0.2) is 4.99 Å². The summed E-state index contributed by atoms with van der Waals surface area (Å²) in [6, 6.07) is 7.44. The van der Waals surface area contributed by atoms with Gasteiger partial charge in [-0.3, -0.25) is 4.79 Å². The Hall–Kier alpha value is -2.14. The van der Waals surface area contributed by atoms with Crippen LogP contribution in [-0.2, 0) is 4.79 Å². The molecule has 0 saturated heterocycles. The zero-order valence-corrected chi connectivity index (χ0v) is 10.3. The number of nitrogens with zero attached hydrogens (tertiary/aromatic N) is 1. The number of hydrogen-bond donors (Lipinski definition) is 2. The molecule has 5 heteroatoms. The molecule has 0 saturated carbocycles. The summed E-state index contributed by atoms with van der Waals surface area (Å²) in [4.78, 5) is 16.3. The topological polar surface area (TPSA) is 67.5 Å². The lowest BCUT2D eigenvalue weighted by Gasteiger charge is -2.04.